The fraction of sp³-hybridized carbons (Fsp3) is 0.533. The van der Waals surface area contributed by atoms with Gasteiger partial charge in [-0.3, -0.25) is 14.4 Å². The van der Waals surface area contributed by atoms with Gasteiger partial charge < -0.3 is 15.3 Å². The van der Waals surface area contributed by atoms with Crippen LogP contribution in [0.15, 0.2) is 17.5 Å². The SMILES string of the molecule is CC(C)N1C[C@@H](C(=O)N[C@H](CC(=O)O)c2cccs2)CC1=O. The monoisotopic (exact) mass is 324 g/mol. The van der Waals surface area contributed by atoms with Crippen LogP contribution in [0.3, 0.4) is 0 Å². The summed E-state index contributed by atoms with van der Waals surface area (Å²) in [5, 5.41) is 13.6. The third kappa shape index (κ3) is 3.85. The average Bonchev–Trinajstić information content (AvgIpc) is 3.06. The van der Waals surface area contributed by atoms with Gasteiger partial charge in [0, 0.05) is 23.9 Å². The van der Waals surface area contributed by atoms with E-state index in [9.17, 15) is 14.4 Å². The van der Waals surface area contributed by atoms with E-state index in [4.69, 9.17) is 5.11 Å². The molecular formula is C15H20N2O4S. The Balaban J connectivity index is 2.03. The molecule has 2 amide bonds. The summed E-state index contributed by atoms with van der Waals surface area (Å²) in [6, 6.07) is 3.14. The maximum atomic E-state index is 12.4. The van der Waals surface area contributed by atoms with Gasteiger partial charge in [-0.15, -0.1) is 11.3 Å². The topological polar surface area (TPSA) is 86.7 Å². The van der Waals surface area contributed by atoms with Gasteiger partial charge in [0.2, 0.25) is 11.8 Å². The van der Waals surface area contributed by atoms with Gasteiger partial charge in [-0.2, -0.15) is 0 Å². The van der Waals surface area contributed by atoms with Crippen LogP contribution in [0, 0.1) is 5.92 Å². The summed E-state index contributed by atoms with van der Waals surface area (Å²) in [4.78, 5) is 37.7. The smallest absolute Gasteiger partial charge is 0.305 e. The summed E-state index contributed by atoms with van der Waals surface area (Å²) in [6.45, 7) is 4.22. The molecule has 1 aliphatic heterocycles. The number of nitrogens with zero attached hydrogens (tertiary/aromatic N) is 1. The molecule has 0 unspecified atom stereocenters. The molecule has 120 valence electrons. The number of hydrogen-bond acceptors (Lipinski definition) is 4. The number of aliphatic carboxylic acids is 1. The van der Waals surface area contributed by atoms with E-state index >= 15 is 0 Å². The van der Waals surface area contributed by atoms with Crippen LogP contribution in [-0.2, 0) is 14.4 Å². The van der Waals surface area contributed by atoms with Crippen LogP contribution in [0.2, 0.25) is 0 Å². The van der Waals surface area contributed by atoms with Gasteiger partial charge in [-0.05, 0) is 25.3 Å². The molecule has 22 heavy (non-hydrogen) atoms. The quantitative estimate of drug-likeness (QED) is 0.833. The Labute approximate surface area is 133 Å². The lowest BCUT2D eigenvalue weighted by Crippen LogP contribution is -2.37. The van der Waals surface area contributed by atoms with E-state index in [-0.39, 0.29) is 30.7 Å². The summed E-state index contributed by atoms with van der Waals surface area (Å²) in [7, 11) is 0. The molecule has 0 bridgehead atoms. The summed E-state index contributed by atoms with van der Waals surface area (Å²) in [6.07, 6.45) is 0.0229. The Morgan fingerprint density at radius 3 is 2.73 bits per heavy atom. The Morgan fingerprint density at radius 2 is 2.23 bits per heavy atom. The molecule has 0 aliphatic carbocycles. The number of nitrogens with one attached hydrogen (secondary N) is 1. The fourth-order valence-corrected chi connectivity index (χ4v) is 3.36. The Kier molecular flexibility index (Phi) is 5.18. The highest BCUT2D eigenvalue weighted by molar-refractivity contribution is 7.10. The van der Waals surface area contributed by atoms with Crippen LogP contribution >= 0.6 is 11.3 Å². The molecule has 0 spiro atoms. The van der Waals surface area contributed by atoms with E-state index in [0.29, 0.717) is 6.54 Å². The van der Waals surface area contributed by atoms with E-state index in [1.165, 1.54) is 11.3 Å². The van der Waals surface area contributed by atoms with Crippen LogP contribution in [-0.4, -0.2) is 40.4 Å². The lowest BCUT2D eigenvalue weighted by molar-refractivity contribution is -0.138. The zero-order valence-corrected chi connectivity index (χ0v) is 13.4. The largest absolute Gasteiger partial charge is 0.481 e. The van der Waals surface area contributed by atoms with Crippen molar-refractivity contribution in [3.8, 4) is 0 Å². The number of carboxylic acid groups (broad SMARTS) is 1. The minimum atomic E-state index is -0.968. The standard InChI is InChI=1S/C15H20N2O4S/c1-9(2)17-8-10(6-13(17)18)15(21)16-11(7-14(19)20)12-4-3-5-22-12/h3-5,9-11H,6-8H2,1-2H3,(H,16,21)(H,19,20)/t10-,11+/m0/s1. The van der Waals surface area contributed by atoms with Crippen LogP contribution < -0.4 is 5.32 Å². The minimum Gasteiger partial charge on any atom is -0.481 e. The first-order chi connectivity index (χ1) is 10.4. The molecule has 1 aliphatic rings. The molecule has 0 aromatic carbocycles. The number of carboxylic acids is 1. The van der Waals surface area contributed by atoms with Gasteiger partial charge in [0.15, 0.2) is 0 Å². The van der Waals surface area contributed by atoms with Crippen molar-refractivity contribution in [3.63, 3.8) is 0 Å². The number of rotatable bonds is 6. The predicted octanol–water partition coefficient (Wildman–Crippen LogP) is 1.64. The van der Waals surface area contributed by atoms with Crippen molar-refractivity contribution in [2.24, 2.45) is 5.92 Å². The molecule has 1 aromatic heterocycles. The summed E-state index contributed by atoms with van der Waals surface area (Å²) < 4.78 is 0. The second-order valence-corrected chi connectivity index (χ2v) is 6.69. The zero-order valence-electron chi connectivity index (χ0n) is 12.6. The van der Waals surface area contributed by atoms with Crippen molar-refractivity contribution in [1.82, 2.24) is 10.2 Å². The third-order valence-electron chi connectivity index (χ3n) is 3.73. The molecular weight excluding hydrogens is 304 g/mol. The van der Waals surface area contributed by atoms with Gasteiger partial charge in [0.25, 0.3) is 0 Å². The predicted molar refractivity (Wildman–Crippen MR) is 82.4 cm³/mol. The van der Waals surface area contributed by atoms with Gasteiger partial charge in [-0.25, -0.2) is 0 Å². The highest BCUT2D eigenvalue weighted by Gasteiger charge is 2.36. The number of carbonyl (C=O) groups excluding carboxylic acids is 2. The number of thiophene rings is 1. The molecule has 0 radical (unpaired) electrons. The molecule has 1 fully saturated rings. The summed E-state index contributed by atoms with van der Waals surface area (Å²) >= 11 is 1.41. The van der Waals surface area contributed by atoms with Crippen LogP contribution in [0.5, 0.6) is 0 Å². The van der Waals surface area contributed by atoms with Gasteiger partial charge in [-0.1, -0.05) is 6.07 Å². The molecule has 1 aromatic rings. The molecule has 0 saturated carbocycles. The normalized spacial score (nSPS) is 19.5. The average molecular weight is 324 g/mol. The number of likely N-dealkylation sites (tertiary alicyclic amines) is 1. The molecule has 1 saturated heterocycles. The van der Waals surface area contributed by atoms with E-state index in [2.05, 4.69) is 5.32 Å². The molecule has 2 heterocycles. The number of hydrogen-bond donors (Lipinski definition) is 2. The highest BCUT2D eigenvalue weighted by Crippen LogP contribution is 2.25. The van der Waals surface area contributed by atoms with E-state index in [0.717, 1.165) is 4.88 Å². The second-order valence-electron chi connectivity index (χ2n) is 5.72. The zero-order chi connectivity index (χ0) is 16.3. The van der Waals surface area contributed by atoms with Crippen molar-refractivity contribution in [1.29, 1.82) is 0 Å². The minimum absolute atomic E-state index is 0.0268. The van der Waals surface area contributed by atoms with Crippen molar-refractivity contribution >= 4 is 29.1 Å². The van der Waals surface area contributed by atoms with Crippen molar-refractivity contribution in [2.45, 2.75) is 38.8 Å². The maximum absolute atomic E-state index is 12.4. The molecule has 2 atom stereocenters. The van der Waals surface area contributed by atoms with Gasteiger partial charge in [0.05, 0.1) is 18.4 Å². The number of carbonyl (C=O) groups is 3. The first-order valence-electron chi connectivity index (χ1n) is 7.23. The van der Waals surface area contributed by atoms with Gasteiger partial charge >= 0.3 is 5.97 Å². The third-order valence-corrected chi connectivity index (χ3v) is 4.72. The molecule has 2 rings (SSSR count). The number of amides is 2. The van der Waals surface area contributed by atoms with Crippen molar-refractivity contribution < 1.29 is 19.5 Å². The molecule has 7 heteroatoms. The maximum Gasteiger partial charge on any atom is 0.305 e. The van der Waals surface area contributed by atoms with E-state index in [1.54, 1.807) is 11.0 Å². The van der Waals surface area contributed by atoms with Crippen molar-refractivity contribution in [2.75, 3.05) is 6.54 Å². The Morgan fingerprint density at radius 1 is 1.50 bits per heavy atom. The van der Waals surface area contributed by atoms with E-state index < -0.39 is 17.9 Å². The lowest BCUT2D eigenvalue weighted by atomic mass is 10.1. The van der Waals surface area contributed by atoms with Gasteiger partial charge in [0.1, 0.15) is 0 Å². The van der Waals surface area contributed by atoms with Crippen LogP contribution in [0.25, 0.3) is 0 Å². The molecule has 2 N–H and O–H groups in total. The van der Waals surface area contributed by atoms with Crippen molar-refractivity contribution in [3.05, 3.63) is 22.4 Å². The fourth-order valence-electron chi connectivity index (χ4n) is 2.58. The van der Waals surface area contributed by atoms with E-state index in [1.807, 2.05) is 25.3 Å². The van der Waals surface area contributed by atoms with Crippen LogP contribution in [0.1, 0.15) is 37.6 Å². The van der Waals surface area contributed by atoms with Crippen LogP contribution in [0.4, 0.5) is 0 Å². The first kappa shape index (κ1) is 16.5. The Bertz CT molecular complexity index is 556. The first-order valence-corrected chi connectivity index (χ1v) is 8.11. The molecule has 6 nitrogen and oxygen atoms in total. The second kappa shape index (κ2) is 6.91. The lowest BCUT2D eigenvalue weighted by Gasteiger charge is -2.21. The summed E-state index contributed by atoms with van der Waals surface area (Å²) in [5.41, 5.74) is 0. The highest BCUT2D eigenvalue weighted by atomic mass is 32.1. The summed E-state index contributed by atoms with van der Waals surface area (Å²) in [5.74, 6) is -1.66. The Hall–Kier alpha value is -1.89.